The van der Waals surface area contributed by atoms with Crippen molar-refractivity contribution in [2.45, 2.75) is 25.7 Å². The lowest BCUT2D eigenvalue weighted by Gasteiger charge is -2.34. The van der Waals surface area contributed by atoms with Crippen LogP contribution in [0.1, 0.15) is 40.9 Å². The summed E-state index contributed by atoms with van der Waals surface area (Å²) in [5.41, 5.74) is 5.01. The second-order valence-electron chi connectivity index (χ2n) is 6.70. The molecule has 0 unspecified atom stereocenters. The first-order valence-corrected chi connectivity index (χ1v) is 7.69. The summed E-state index contributed by atoms with van der Waals surface area (Å²) in [5, 5.41) is 0. The van der Waals surface area contributed by atoms with Gasteiger partial charge < -0.3 is 4.74 Å². The molecule has 4 rings (SSSR count). The highest BCUT2D eigenvalue weighted by atomic mass is 19.1. The van der Waals surface area contributed by atoms with Crippen molar-refractivity contribution in [3.05, 3.63) is 70.0 Å². The van der Waals surface area contributed by atoms with Gasteiger partial charge in [-0.15, -0.1) is 0 Å². The summed E-state index contributed by atoms with van der Waals surface area (Å²) < 4.78 is 18.9. The fourth-order valence-corrected chi connectivity index (χ4v) is 3.85. The van der Waals surface area contributed by atoms with Crippen molar-refractivity contribution < 1.29 is 13.9 Å². The van der Waals surface area contributed by atoms with Crippen LogP contribution in [0, 0.1) is 5.82 Å². The van der Waals surface area contributed by atoms with Crippen LogP contribution in [0.4, 0.5) is 4.39 Å². The predicted molar refractivity (Wildman–Crippen MR) is 87.4 cm³/mol. The van der Waals surface area contributed by atoms with Crippen LogP contribution in [0.25, 0.3) is 5.57 Å². The number of rotatable bonds is 1. The molecule has 2 aliphatic carbocycles. The van der Waals surface area contributed by atoms with Gasteiger partial charge in [0.05, 0.1) is 7.11 Å². The van der Waals surface area contributed by atoms with E-state index in [4.69, 9.17) is 4.74 Å². The Hall–Kier alpha value is -2.42. The summed E-state index contributed by atoms with van der Waals surface area (Å²) >= 11 is 0. The van der Waals surface area contributed by atoms with E-state index in [-0.39, 0.29) is 17.0 Å². The molecule has 0 N–H and O–H groups in total. The molecule has 0 spiro atoms. The Morgan fingerprint density at radius 2 is 1.83 bits per heavy atom. The van der Waals surface area contributed by atoms with Gasteiger partial charge in [-0.25, -0.2) is 4.39 Å². The number of benzene rings is 2. The van der Waals surface area contributed by atoms with Crippen LogP contribution >= 0.6 is 0 Å². The second-order valence-corrected chi connectivity index (χ2v) is 6.70. The van der Waals surface area contributed by atoms with E-state index in [1.165, 1.54) is 6.07 Å². The third kappa shape index (κ3) is 1.83. The Morgan fingerprint density at radius 3 is 2.57 bits per heavy atom. The van der Waals surface area contributed by atoms with Crippen molar-refractivity contribution in [1.82, 2.24) is 0 Å². The molecule has 2 nitrogen and oxygen atoms in total. The zero-order chi connectivity index (χ0) is 16.4. The van der Waals surface area contributed by atoms with Gasteiger partial charge >= 0.3 is 0 Å². The van der Waals surface area contributed by atoms with Gasteiger partial charge in [0, 0.05) is 16.6 Å². The van der Waals surface area contributed by atoms with Gasteiger partial charge in [0.2, 0.25) is 0 Å². The predicted octanol–water partition coefficient (Wildman–Crippen LogP) is 4.32. The molecule has 0 saturated carbocycles. The lowest BCUT2D eigenvalue weighted by molar-refractivity contribution is 0.105. The number of fused-ring (bicyclic) bond motifs is 3. The maximum absolute atomic E-state index is 13.6. The molecular weight excluding hydrogens is 291 g/mol. The molecule has 0 fully saturated rings. The van der Waals surface area contributed by atoms with Crippen molar-refractivity contribution >= 4 is 11.4 Å². The molecular formula is C20H17FO2. The molecule has 0 amide bonds. The van der Waals surface area contributed by atoms with E-state index >= 15 is 0 Å². The largest absolute Gasteiger partial charge is 0.497 e. The third-order valence-corrected chi connectivity index (χ3v) is 5.13. The zero-order valence-corrected chi connectivity index (χ0v) is 13.4. The SMILES string of the molecule is COc1ccc2c(c1)C(C)(C)C1=C(C2=O)c2ccc(F)cc2C1. The van der Waals surface area contributed by atoms with E-state index < -0.39 is 0 Å². The molecule has 3 heteroatoms. The maximum atomic E-state index is 13.6. The first kappa shape index (κ1) is 14.2. The number of Topliss-reactive ketones (excluding diaryl/α,β-unsaturated/α-hetero) is 1. The summed E-state index contributed by atoms with van der Waals surface area (Å²) in [5.74, 6) is 0.519. The average molecular weight is 308 g/mol. The topological polar surface area (TPSA) is 26.3 Å². The van der Waals surface area contributed by atoms with E-state index in [9.17, 15) is 9.18 Å². The van der Waals surface area contributed by atoms with Gasteiger partial charge in [0.15, 0.2) is 5.78 Å². The molecule has 0 heterocycles. The smallest absolute Gasteiger partial charge is 0.193 e. The van der Waals surface area contributed by atoms with Gasteiger partial charge in [-0.3, -0.25) is 4.79 Å². The molecule has 23 heavy (non-hydrogen) atoms. The average Bonchev–Trinajstić information content (AvgIpc) is 2.92. The molecule has 0 aromatic heterocycles. The molecule has 2 aliphatic rings. The Balaban J connectivity index is 1.96. The van der Waals surface area contributed by atoms with Crippen molar-refractivity contribution in [1.29, 1.82) is 0 Å². The van der Waals surface area contributed by atoms with Crippen molar-refractivity contribution in [2.75, 3.05) is 7.11 Å². The third-order valence-electron chi connectivity index (χ3n) is 5.13. The van der Waals surface area contributed by atoms with Crippen LogP contribution < -0.4 is 4.74 Å². The number of halogens is 1. The van der Waals surface area contributed by atoms with Gasteiger partial charge in [-0.2, -0.15) is 0 Å². The van der Waals surface area contributed by atoms with Crippen LogP contribution in [0.15, 0.2) is 42.0 Å². The first-order chi connectivity index (χ1) is 10.9. The van der Waals surface area contributed by atoms with Crippen molar-refractivity contribution in [3.8, 4) is 5.75 Å². The Bertz CT molecular complexity index is 891. The van der Waals surface area contributed by atoms with Crippen LogP contribution in [0.3, 0.4) is 0 Å². The highest BCUT2D eigenvalue weighted by molar-refractivity contribution is 6.32. The maximum Gasteiger partial charge on any atom is 0.193 e. The van der Waals surface area contributed by atoms with Crippen LogP contribution in [-0.2, 0) is 11.8 Å². The second kappa shape index (κ2) is 4.54. The number of carbonyl (C=O) groups excluding carboxylic acids is 1. The summed E-state index contributed by atoms with van der Waals surface area (Å²) in [6.45, 7) is 4.24. The quantitative estimate of drug-likeness (QED) is 0.784. The zero-order valence-electron chi connectivity index (χ0n) is 13.4. The minimum Gasteiger partial charge on any atom is -0.497 e. The van der Waals surface area contributed by atoms with Crippen LogP contribution in [-0.4, -0.2) is 12.9 Å². The molecule has 0 bridgehead atoms. The number of allylic oxidation sites excluding steroid dienone is 2. The molecule has 0 radical (unpaired) electrons. The Labute approximate surface area is 134 Å². The van der Waals surface area contributed by atoms with Crippen LogP contribution in [0.2, 0.25) is 0 Å². The molecule has 0 atom stereocenters. The fraction of sp³-hybridized carbons (Fsp3) is 0.250. The standard InChI is InChI=1S/C20H17FO2/c1-20(2)16-10-13(23-3)5-7-15(16)19(22)18-14-6-4-12(21)8-11(14)9-17(18)20/h4-8,10H,9H2,1-3H3. The van der Waals surface area contributed by atoms with Crippen LogP contribution in [0.5, 0.6) is 5.75 Å². The van der Waals surface area contributed by atoms with E-state index in [1.54, 1.807) is 19.2 Å². The summed E-state index contributed by atoms with van der Waals surface area (Å²) in [4.78, 5) is 13.0. The molecule has 0 saturated heterocycles. The molecule has 2 aromatic rings. The monoisotopic (exact) mass is 308 g/mol. The van der Waals surface area contributed by atoms with Gasteiger partial charge in [-0.05, 0) is 59.0 Å². The van der Waals surface area contributed by atoms with E-state index in [0.717, 1.165) is 33.6 Å². The summed E-state index contributed by atoms with van der Waals surface area (Å²) in [6, 6.07) is 10.3. The van der Waals surface area contributed by atoms with Gasteiger partial charge in [-0.1, -0.05) is 19.9 Å². The molecule has 116 valence electrons. The van der Waals surface area contributed by atoms with Gasteiger partial charge in [0.25, 0.3) is 0 Å². The van der Waals surface area contributed by atoms with E-state index in [0.29, 0.717) is 12.0 Å². The lowest BCUT2D eigenvalue weighted by Crippen LogP contribution is -2.29. The molecule has 0 aliphatic heterocycles. The number of hydrogen-bond acceptors (Lipinski definition) is 2. The normalized spacial score (nSPS) is 17.7. The first-order valence-electron chi connectivity index (χ1n) is 7.69. The summed E-state index contributed by atoms with van der Waals surface area (Å²) in [6.07, 6.45) is 0.623. The minimum absolute atomic E-state index is 0.0299. The lowest BCUT2D eigenvalue weighted by atomic mass is 9.68. The van der Waals surface area contributed by atoms with Crippen molar-refractivity contribution in [3.63, 3.8) is 0 Å². The number of ketones is 1. The highest BCUT2D eigenvalue weighted by Gasteiger charge is 2.42. The van der Waals surface area contributed by atoms with Gasteiger partial charge in [0.1, 0.15) is 11.6 Å². The Morgan fingerprint density at radius 1 is 1.09 bits per heavy atom. The number of ether oxygens (including phenoxy) is 1. The van der Waals surface area contributed by atoms with E-state index in [1.807, 2.05) is 18.2 Å². The number of hydrogen-bond donors (Lipinski definition) is 0. The van der Waals surface area contributed by atoms with E-state index in [2.05, 4.69) is 13.8 Å². The minimum atomic E-state index is -0.289. The molecule has 2 aromatic carbocycles. The fourth-order valence-electron chi connectivity index (χ4n) is 3.85. The highest BCUT2D eigenvalue weighted by Crippen LogP contribution is 2.50. The summed E-state index contributed by atoms with van der Waals surface area (Å²) in [7, 11) is 1.62. The number of carbonyl (C=O) groups is 1. The number of methoxy groups -OCH3 is 1. The van der Waals surface area contributed by atoms with Crippen molar-refractivity contribution in [2.24, 2.45) is 0 Å². The Kier molecular flexibility index (Phi) is 2.80.